The van der Waals surface area contributed by atoms with Gasteiger partial charge in [-0.15, -0.1) is 0 Å². The van der Waals surface area contributed by atoms with Crippen LogP contribution in [0, 0.1) is 5.82 Å². The third kappa shape index (κ3) is 2.03. The number of hydrogen-bond donors (Lipinski definition) is 1. The normalized spacial score (nSPS) is 23.9. The highest BCUT2D eigenvalue weighted by Gasteiger charge is 2.31. The number of fused-ring (bicyclic) bond motifs is 1. The monoisotopic (exact) mass is 273 g/mol. The molecule has 1 saturated heterocycles. The summed E-state index contributed by atoms with van der Waals surface area (Å²) in [6.45, 7) is 1.04. The van der Waals surface area contributed by atoms with Crippen LogP contribution >= 0.6 is 0 Å². The highest BCUT2D eigenvalue weighted by atomic mass is 19.1. The Morgan fingerprint density at radius 2 is 2.05 bits per heavy atom. The second-order valence-electron chi connectivity index (χ2n) is 6.03. The Bertz CT molecular complexity index is 622. The van der Waals surface area contributed by atoms with Gasteiger partial charge in [-0.05, 0) is 44.4 Å². The minimum atomic E-state index is -0.197. The topological polar surface area (TPSA) is 29.9 Å². The number of nitrogens with zero attached hydrogens (tertiary/aromatic N) is 2. The van der Waals surface area contributed by atoms with Gasteiger partial charge in [0.05, 0.1) is 11.6 Å². The van der Waals surface area contributed by atoms with Gasteiger partial charge in [-0.1, -0.05) is 18.9 Å². The zero-order valence-electron chi connectivity index (χ0n) is 11.6. The lowest BCUT2D eigenvalue weighted by Crippen LogP contribution is -2.23. The van der Waals surface area contributed by atoms with Crippen LogP contribution in [0.4, 0.5) is 4.39 Å². The van der Waals surface area contributed by atoms with Crippen molar-refractivity contribution in [1.29, 1.82) is 0 Å². The van der Waals surface area contributed by atoms with Crippen molar-refractivity contribution in [3.63, 3.8) is 0 Å². The molecule has 1 saturated carbocycles. The van der Waals surface area contributed by atoms with Crippen molar-refractivity contribution >= 4 is 11.0 Å². The predicted octanol–water partition coefficient (Wildman–Crippen LogP) is 3.72. The molecular formula is C16H20FN3. The molecule has 2 heterocycles. The number of imidazole rings is 1. The number of hydrogen-bond acceptors (Lipinski definition) is 2. The fourth-order valence-corrected chi connectivity index (χ4v) is 3.31. The lowest BCUT2D eigenvalue weighted by atomic mass is 10.1. The summed E-state index contributed by atoms with van der Waals surface area (Å²) in [5.41, 5.74) is 1.51. The van der Waals surface area contributed by atoms with Crippen LogP contribution in [0.25, 0.3) is 11.0 Å². The highest BCUT2D eigenvalue weighted by Crippen LogP contribution is 2.41. The van der Waals surface area contributed by atoms with E-state index in [0.29, 0.717) is 11.6 Å². The largest absolute Gasteiger partial charge is 0.323 e. The van der Waals surface area contributed by atoms with Crippen LogP contribution in [0.2, 0.25) is 0 Å². The van der Waals surface area contributed by atoms with Gasteiger partial charge in [0.15, 0.2) is 5.82 Å². The maximum absolute atomic E-state index is 14.0. The van der Waals surface area contributed by atoms with E-state index in [2.05, 4.69) is 14.9 Å². The molecule has 1 aliphatic heterocycles. The molecule has 1 aliphatic carbocycles. The Labute approximate surface area is 118 Å². The van der Waals surface area contributed by atoms with Gasteiger partial charge in [0.25, 0.3) is 0 Å². The predicted molar refractivity (Wildman–Crippen MR) is 77.2 cm³/mol. The van der Waals surface area contributed by atoms with Gasteiger partial charge in [-0.2, -0.15) is 0 Å². The molecule has 106 valence electrons. The van der Waals surface area contributed by atoms with Gasteiger partial charge < -0.3 is 9.88 Å². The molecule has 20 heavy (non-hydrogen) atoms. The van der Waals surface area contributed by atoms with Crippen molar-refractivity contribution in [1.82, 2.24) is 14.9 Å². The Hall–Kier alpha value is -1.42. The van der Waals surface area contributed by atoms with Crippen LogP contribution < -0.4 is 5.32 Å². The van der Waals surface area contributed by atoms with E-state index in [0.717, 1.165) is 24.3 Å². The maximum Gasteiger partial charge on any atom is 0.151 e. The van der Waals surface area contributed by atoms with Crippen molar-refractivity contribution in [3.05, 3.63) is 29.8 Å². The van der Waals surface area contributed by atoms with Crippen LogP contribution in [0.3, 0.4) is 0 Å². The SMILES string of the molecule is Fc1cccc2c1nc(C1CCCCCN1)n2C1CC1. The molecule has 2 aromatic rings. The third-order valence-electron chi connectivity index (χ3n) is 4.48. The van der Waals surface area contributed by atoms with E-state index in [4.69, 9.17) is 0 Å². The second kappa shape index (κ2) is 4.85. The van der Waals surface area contributed by atoms with Crippen molar-refractivity contribution < 1.29 is 4.39 Å². The Morgan fingerprint density at radius 3 is 2.90 bits per heavy atom. The van der Waals surface area contributed by atoms with Crippen LogP contribution in [-0.4, -0.2) is 16.1 Å². The molecular weight excluding hydrogens is 253 g/mol. The quantitative estimate of drug-likeness (QED) is 0.904. The molecule has 0 spiro atoms. The molecule has 1 aromatic carbocycles. The number of nitrogens with one attached hydrogen (secondary N) is 1. The maximum atomic E-state index is 14.0. The molecule has 0 bridgehead atoms. The summed E-state index contributed by atoms with van der Waals surface area (Å²) in [6.07, 6.45) is 7.24. The smallest absolute Gasteiger partial charge is 0.151 e. The van der Waals surface area contributed by atoms with Crippen molar-refractivity contribution in [2.45, 2.75) is 50.6 Å². The molecule has 3 nitrogen and oxygen atoms in total. The fourth-order valence-electron chi connectivity index (χ4n) is 3.31. The summed E-state index contributed by atoms with van der Waals surface area (Å²) in [5.74, 6) is 0.853. The molecule has 1 aromatic heterocycles. The zero-order valence-corrected chi connectivity index (χ0v) is 11.6. The Morgan fingerprint density at radius 1 is 1.15 bits per heavy atom. The first-order valence-corrected chi connectivity index (χ1v) is 7.74. The van der Waals surface area contributed by atoms with E-state index in [1.165, 1.54) is 38.2 Å². The van der Waals surface area contributed by atoms with E-state index >= 15 is 0 Å². The molecule has 1 N–H and O–H groups in total. The van der Waals surface area contributed by atoms with E-state index in [9.17, 15) is 4.39 Å². The first-order chi connectivity index (χ1) is 9.84. The summed E-state index contributed by atoms with van der Waals surface area (Å²) in [5, 5.41) is 3.60. The molecule has 1 atom stereocenters. The van der Waals surface area contributed by atoms with Crippen LogP contribution in [0.1, 0.15) is 56.4 Å². The third-order valence-corrected chi connectivity index (χ3v) is 4.48. The second-order valence-corrected chi connectivity index (χ2v) is 6.03. The average Bonchev–Trinajstić information content (AvgIpc) is 3.25. The summed E-state index contributed by atoms with van der Waals surface area (Å²) in [7, 11) is 0. The number of benzene rings is 1. The number of aromatic nitrogens is 2. The molecule has 1 unspecified atom stereocenters. The minimum Gasteiger partial charge on any atom is -0.323 e. The van der Waals surface area contributed by atoms with Crippen LogP contribution in [0.5, 0.6) is 0 Å². The standard InChI is InChI=1S/C16H20FN3/c17-12-5-4-7-14-15(12)19-16(20(14)11-8-9-11)13-6-2-1-3-10-18-13/h4-5,7,11,13,18H,1-3,6,8-10H2. The molecule has 4 heteroatoms. The summed E-state index contributed by atoms with van der Waals surface area (Å²) in [4.78, 5) is 4.66. The first kappa shape index (κ1) is 12.3. The van der Waals surface area contributed by atoms with Gasteiger partial charge in [-0.25, -0.2) is 9.37 Å². The lowest BCUT2D eigenvalue weighted by molar-refractivity contribution is 0.484. The van der Waals surface area contributed by atoms with Gasteiger partial charge in [0.1, 0.15) is 11.3 Å². The first-order valence-electron chi connectivity index (χ1n) is 7.74. The van der Waals surface area contributed by atoms with Gasteiger partial charge in [-0.3, -0.25) is 0 Å². The molecule has 2 fully saturated rings. The molecule has 0 amide bonds. The Balaban J connectivity index is 1.84. The van der Waals surface area contributed by atoms with Crippen LogP contribution in [0.15, 0.2) is 18.2 Å². The number of rotatable bonds is 2. The van der Waals surface area contributed by atoms with Crippen molar-refractivity contribution in [2.24, 2.45) is 0 Å². The summed E-state index contributed by atoms with van der Waals surface area (Å²) < 4.78 is 16.3. The summed E-state index contributed by atoms with van der Waals surface area (Å²) >= 11 is 0. The highest BCUT2D eigenvalue weighted by molar-refractivity contribution is 5.77. The van der Waals surface area contributed by atoms with E-state index in [1.807, 2.05) is 6.07 Å². The fraction of sp³-hybridized carbons (Fsp3) is 0.562. The van der Waals surface area contributed by atoms with Gasteiger partial charge in [0, 0.05) is 6.04 Å². The average molecular weight is 273 g/mol. The number of para-hydroxylation sites is 1. The molecule has 0 radical (unpaired) electrons. The summed E-state index contributed by atoms with van der Waals surface area (Å²) in [6, 6.07) is 6.12. The lowest BCUT2D eigenvalue weighted by Gasteiger charge is -2.17. The van der Waals surface area contributed by atoms with E-state index in [1.54, 1.807) is 6.07 Å². The molecule has 4 rings (SSSR count). The van der Waals surface area contributed by atoms with Crippen molar-refractivity contribution in [3.8, 4) is 0 Å². The van der Waals surface area contributed by atoms with E-state index < -0.39 is 0 Å². The van der Waals surface area contributed by atoms with Gasteiger partial charge >= 0.3 is 0 Å². The number of halogens is 1. The van der Waals surface area contributed by atoms with E-state index in [-0.39, 0.29) is 11.9 Å². The van der Waals surface area contributed by atoms with Gasteiger partial charge in [0.2, 0.25) is 0 Å². The minimum absolute atomic E-state index is 0.197. The van der Waals surface area contributed by atoms with Crippen molar-refractivity contribution in [2.75, 3.05) is 6.54 Å². The van der Waals surface area contributed by atoms with Crippen LogP contribution in [-0.2, 0) is 0 Å². The zero-order chi connectivity index (χ0) is 13.5. The molecule has 2 aliphatic rings. The Kier molecular flexibility index (Phi) is 2.99.